The second-order valence-electron chi connectivity index (χ2n) is 5.13. The Labute approximate surface area is 136 Å². The van der Waals surface area contributed by atoms with Gasteiger partial charge in [0.2, 0.25) is 0 Å². The Kier molecular flexibility index (Phi) is 4.99. The lowest BCUT2D eigenvalue weighted by atomic mass is 10.1. The van der Waals surface area contributed by atoms with Gasteiger partial charge in [-0.25, -0.2) is 4.57 Å². The number of nitrogens with zero attached hydrogens (tertiary/aromatic N) is 1. The number of hydrogen-bond acceptors (Lipinski definition) is 5. The Hall–Kier alpha value is -1.57. The first-order chi connectivity index (χ1) is 10.9. The molecule has 24 heavy (non-hydrogen) atoms. The van der Waals surface area contributed by atoms with Gasteiger partial charge < -0.3 is 34.4 Å². The molecule has 4 N–H and O–H groups in total. The van der Waals surface area contributed by atoms with Crippen LogP contribution in [0.4, 0.5) is 0 Å². The van der Waals surface area contributed by atoms with E-state index in [1.54, 1.807) is 6.07 Å². The van der Waals surface area contributed by atoms with Gasteiger partial charge >= 0.3 is 7.60 Å². The summed E-state index contributed by atoms with van der Waals surface area (Å²) in [5, 5.41) is 17.3. The van der Waals surface area contributed by atoms with Gasteiger partial charge in [-0.1, -0.05) is 24.3 Å². The summed E-state index contributed by atoms with van der Waals surface area (Å²) in [6.07, 6.45) is 2.58. The van der Waals surface area contributed by atoms with Crippen LogP contribution in [0.1, 0.15) is 0 Å². The van der Waals surface area contributed by atoms with Crippen LogP contribution in [0.2, 0.25) is 0 Å². The molecule has 130 valence electrons. The second kappa shape index (κ2) is 6.38. The van der Waals surface area contributed by atoms with Crippen LogP contribution in [0.25, 0.3) is 11.1 Å². The topological polar surface area (TPSA) is 165 Å². The van der Waals surface area contributed by atoms with E-state index in [9.17, 15) is 24.2 Å². The van der Waals surface area contributed by atoms with Gasteiger partial charge in [-0.15, -0.1) is 5.75 Å². The van der Waals surface area contributed by atoms with Crippen LogP contribution >= 0.6 is 15.2 Å². The predicted octanol–water partition coefficient (Wildman–Crippen LogP) is -0.916. The summed E-state index contributed by atoms with van der Waals surface area (Å²) in [6, 6.07) is 8.73. The quantitative estimate of drug-likeness (QED) is 0.385. The molecule has 2 rings (SSSR count). The van der Waals surface area contributed by atoms with Crippen molar-refractivity contribution in [1.29, 1.82) is 0 Å². The van der Waals surface area contributed by atoms with E-state index in [-0.39, 0.29) is 5.75 Å². The highest BCUT2D eigenvalue weighted by atomic mass is 31.2. The highest BCUT2D eigenvalue weighted by molar-refractivity contribution is 7.71. The fourth-order valence-electron chi connectivity index (χ4n) is 2.03. The molecule has 0 saturated carbocycles. The van der Waals surface area contributed by atoms with E-state index in [0.29, 0.717) is 11.1 Å². The summed E-state index contributed by atoms with van der Waals surface area (Å²) in [6.45, 7) is -1.08. The molecule has 0 amide bonds. The van der Waals surface area contributed by atoms with Gasteiger partial charge in [-0.05, 0) is 11.6 Å². The van der Waals surface area contributed by atoms with Crippen LogP contribution < -0.4 is 14.6 Å². The Morgan fingerprint density at radius 3 is 2.12 bits per heavy atom. The monoisotopic (exact) mass is 374 g/mol. The van der Waals surface area contributed by atoms with Crippen molar-refractivity contribution >= 4 is 15.2 Å². The van der Waals surface area contributed by atoms with Gasteiger partial charge in [0.05, 0.1) is 0 Å². The summed E-state index contributed by atoms with van der Waals surface area (Å²) in [5.74, 6) is -0.203. The van der Waals surface area contributed by atoms with Gasteiger partial charge in [0.15, 0.2) is 26.5 Å². The van der Waals surface area contributed by atoms with Crippen molar-refractivity contribution in [2.75, 3.05) is 0 Å². The summed E-state index contributed by atoms with van der Waals surface area (Å²) >= 11 is 0. The molecule has 1 heterocycles. The van der Waals surface area contributed by atoms with Crippen LogP contribution in [0.5, 0.6) is 5.75 Å². The lowest BCUT2D eigenvalue weighted by Gasteiger charge is -2.33. The number of pyridine rings is 1. The highest BCUT2D eigenvalue weighted by Gasteiger charge is 2.57. The SMILES string of the molecule is O=P([O-])(O)C(O)(C[n+]1cccc(-c2ccc([O-])cc2)c1)P(=O)(O)O. The van der Waals surface area contributed by atoms with Crippen LogP contribution in [0.3, 0.4) is 0 Å². The van der Waals surface area contributed by atoms with E-state index in [2.05, 4.69) is 0 Å². The Balaban J connectivity index is 2.43. The van der Waals surface area contributed by atoms with Crippen molar-refractivity contribution in [2.45, 2.75) is 11.6 Å². The molecular formula is C13H14NO8P2-. The van der Waals surface area contributed by atoms with Crippen molar-refractivity contribution in [2.24, 2.45) is 0 Å². The predicted molar refractivity (Wildman–Crippen MR) is 78.3 cm³/mol. The first kappa shape index (κ1) is 18.8. The number of aromatic nitrogens is 1. The lowest BCUT2D eigenvalue weighted by molar-refractivity contribution is -0.703. The molecule has 0 saturated heterocycles. The van der Waals surface area contributed by atoms with E-state index in [1.807, 2.05) is 0 Å². The molecule has 0 aliphatic heterocycles. The molecule has 1 aromatic heterocycles. The Morgan fingerprint density at radius 1 is 1.04 bits per heavy atom. The molecule has 0 fully saturated rings. The minimum Gasteiger partial charge on any atom is -0.872 e. The molecule has 2 unspecified atom stereocenters. The first-order valence-corrected chi connectivity index (χ1v) is 9.71. The summed E-state index contributed by atoms with van der Waals surface area (Å²) in [5.41, 5.74) is 1.10. The van der Waals surface area contributed by atoms with E-state index in [4.69, 9.17) is 14.7 Å². The van der Waals surface area contributed by atoms with Gasteiger partial charge in [-0.3, -0.25) is 4.57 Å². The molecule has 0 radical (unpaired) electrons. The number of rotatable bonds is 5. The van der Waals surface area contributed by atoms with E-state index in [0.717, 1.165) is 4.57 Å². The highest BCUT2D eigenvalue weighted by Crippen LogP contribution is 2.65. The van der Waals surface area contributed by atoms with Crippen LogP contribution in [0.15, 0.2) is 48.8 Å². The molecule has 0 aliphatic rings. The fourth-order valence-corrected chi connectivity index (χ4v) is 4.04. The molecule has 0 bridgehead atoms. The normalized spacial score (nSPS) is 17.0. The van der Waals surface area contributed by atoms with Crippen molar-refractivity contribution < 1.29 is 43.5 Å². The maximum atomic E-state index is 11.4. The van der Waals surface area contributed by atoms with Crippen LogP contribution in [-0.2, 0) is 15.7 Å². The summed E-state index contributed by atoms with van der Waals surface area (Å²) in [7, 11) is -11.4. The number of benzene rings is 1. The molecule has 0 spiro atoms. The molecule has 9 nitrogen and oxygen atoms in total. The smallest absolute Gasteiger partial charge is 0.372 e. The molecular weight excluding hydrogens is 360 g/mol. The van der Waals surface area contributed by atoms with Crippen LogP contribution in [0, 0.1) is 0 Å². The van der Waals surface area contributed by atoms with Crippen molar-refractivity contribution in [3.8, 4) is 16.9 Å². The molecule has 0 aliphatic carbocycles. The Bertz CT molecular complexity index is 804. The largest absolute Gasteiger partial charge is 0.872 e. The third-order valence-corrected chi connectivity index (χ3v) is 7.02. The minimum atomic E-state index is -5.79. The van der Waals surface area contributed by atoms with Gasteiger partial charge in [0.1, 0.15) is 0 Å². The van der Waals surface area contributed by atoms with Crippen molar-refractivity contribution in [3.63, 3.8) is 0 Å². The van der Waals surface area contributed by atoms with Gasteiger partial charge in [0, 0.05) is 11.6 Å². The molecule has 2 aromatic rings. The van der Waals surface area contributed by atoms with E-state index in [1.165, 1.54) is 42.7 Å². The zero-order valence-corrected chi connectivity index (χ0v) is 13.9. The third-order valence-electron chi connectivity index (χ3n) is 3.36. The first-order valence-electron chi connectivity index (χ1n) is 6.52. The fraction of sp³-hybridized carbons (Fsp3) is 0.154. The average Bonchev–Trinajstić information content (AvgIpc) is 2.46. The summed E-state index contributed by atoms with van der Waals surface area (Å²) < 4.78 is 23.7. The molecule has 2 atom stereocenters. The number of aliphatic hydroxyl groups is 1. The average molecular weight is 374 g/mol. The maximum absolute atomic E-state index is 11.4. The maximum Gasteiger partial charge on any atom is 0.372 e. The molecule has 1 aromatic carbocycles. The Morgan fingerprint density at radius 2 is 1.62 bits per heavy atom. The van der Waals surface area contributed by atoms with Gasteiger partial charge in [0.25, 0.3) is 5.08 Å². The zero-order valence-electron chi connectivity index (χ0n) is 12.1. The standard InChI is InChI=1S/C13H15NO8P2/c15-12-5-3-10(4-6-12)11-2-1-7-14(8-11)9-13(16,23(17,18)19)24(20,21)22/h1-8,16H,9H2,(H4-,15,17,18,19,20,21,22)/p-1. The van der Waals surface area contributed by atoms with Gasteiger partial charge in [-0.2, -0.15) is 0 Å². The summed E-state index contributed by atoms with van der Waals surface area (Å²) in [4.78, 5) is 38.6. The zero-order chi connectivity index (χ0) is 18.2. The second-order valence-corrected chi connectivity index (χ2v) is 9.09. The van der Waals surface area contributed by atoms with Crippen molar-refractivity contribution in [1.82, 2.24) is 0 Å². The van der Waals surface area contributed by atoms with E-state index >= 15 is 0 Å². The molecule has 11 heteroatoms. The van der Waals surface area contributed by atoms with Crippen molar-refractivity contribution in [3.05, 3.63) is 48.8 Å². The lowest BCUT2D eigenvalue weighted by Crippen LogP contribution is -2.49. The third kappa shape index (κ3) is 3.74. The van der Waals surface area contributed by atoms with E-state index < -0.39 is 26.8 Å². The van der Waals surface area contributed by atoms with Crippen LogP contribution in [-0.4, -0.2) is 24.9 Å². The minimum absolute atomic E-state index is 0.203. The number of hydrogen-bond donors (Lipinski definition) is 4.